The van der Waals surface area contributed by atoms with Crippen LogP contribution in [-0.2, 0) is 17.8 Å². The first-order valence-corrected chi connectivity index (χ1v) is 13.4. The number of nitrogens with one attached hydrogen (secondary N) is 1. The molecule has 3 heterocycles. The summed E-state index contributed by atoms with van der Waals surface area (Å²) >= 11 is 0. The Labute approximate surface area is 226 Å². The van der Waals surface area contributed by atoms with Crippen molar-refractivity contribution in [2.24, 2.45) is 0 Å². The van der Waals surface area contributed by atoms with Crippen molar-refractivity contribution in [3.05, 3.63) is 89.4 Å². The van der Waals surface area contributed by atoms with E-state index in [0.29, 0.717) is 6.54 Å². The van der Waals surface area contributed by atoms with Crippen molar-refractivity contribution < 1.29 is 9.53 Å². The van der Waals surface area contributed by atoms with Crippen LogP contribution >= 0.6 is 0 Å². The van der Waals surface area contributed by atoms with Gasteiger partial charge >= 0.3 is 0 Å². The van der Waals surface area contributed by atoms with Crippen molar-refractivity contribution in [2.75, 3.05) is 43.1 Å². The lowest BCUT2D eigenvalue weighted by molar-refractivity contribution is -0.109. The highest BCUT2D eigenvalue weighted by molar-refractivity contribution is 5.53. The molecule has 4 aromatic rings. The smallest absolute Gasteiger partial charge is 0.207 e. The standard InChI is InChI=1S/C20H25N3O2.C11H14N2/c1-25-20-9-7-19(8-10-20)23-12-2-11-22(13-14-23)18-5-3-17(4-6-18)15-21-16-24;1-4-10-9(3)13-7-5-6-8(2)11(13)12-10/h3-10,16H,2,11-15H2,1H3,(H,21,24);5-7H,4H2,1-3H3. The van der Waals surface area contributed by atoms with Gasteiger partial charge in [-0.3, -0.25) is 4.79 Å². The highest BCUT2D eigenvalue weighted by Gasteiger charge is 2.16. The Morgan fingerprint density at radius 1 is 0.921 bits per heavy atom. The number of carbonyl (C=O) groups excluding carboxylic acids is 1. The molecule has 1 saturated heterocycles. The number of hydrogen-bond donors (Lipinski definition) is 1. The van der Waals surface area contributed by atoms with E-state index in [1.165, 1.54) is 28.3 Å². The molecule has 0 radical (unpaired) electrons. The summed E-state index contributed by atoms with van der Waals surface area (Å²) in [5.41, 5.74) is 8.41. The predicted octanol–water partition coefficient (Wildman–Crippen LogP) is 5.17. The van der Waals surface area contributed by atoms with Crippen LogP contribution in [0.25, 0.3) is 5.65 Å². The number of aromatic nitrogens is 2. The minimum Gasteiger partial charge on any atom is -0.497 e. The summed E-state index contributed by atoms with van der Waals surface area (Å²) in [4.78, 5) is 19.8. The van der Waals surface area contributed by atoms with E-state index in [1.807, 2.05) is 12.1 Å². The number of carbonyl (C=O) groups is 1. The Kier molecular flexibility index (Phi) is 9.25. The summed E-state index contributed by atoms with van der Waals surface area (Å²) in [5.74, 6) is 0.893. The van der Waals surface area contributed by atoms with E-state index in [4.69, 9.17) is 4.74 Å². The molecule has 1 amide bonds. The van der Waals surface area contributed by atoms with E-state index in [1.54, 1.807) is 7.11 Å². The maximum atomic E-state index is 10.4. The van der Waals surface area contributed by atoms with Gasteiger partial charge in [-0.15, -0.1) is 0 Å². The van der Waals surface area contributed by atoms with Crippen molar-refractivity contribution in [3.63, 3.8) is 0 Å². The molecule has 7 heteroatoms. The van der Waals surface area contributed by atoms with Crippen molar-refractivity contribution in [2.45, 2.75) is 40.2 Å². The minimum atomic E-state index is 0.578. The van der Waals surface area contributed by atoms with E-state index in [0.717, 1.165) is 62.4 Å². The summed E-state index contributed by atoms with van der Waals surface area (Å²) in [6.07, 6.45) is 4.94. The largest absolute Gasteiger partial charge is 0.497 e. The number of pyridine rings is 1. The average Bonchev–Trinajstić information content (AvgIpc) is 3.12. The molecule has 200 valence electrons. The molecule has 5 rings (SSSR count). The number of imidazole rings is 1. The molecule has 7 nitrogen and oxygen atoms in total. The van der Waals surface area contributed by atoms with Gasteiger partial charge in [-0.2, -0.15) is 0 Å². The number of amides is 1. The molecule has 1 fully saturated rings. The van der Waals surface area contributed by atoms with E-state index in [9.17, 15) is 4.79 Å². The van der Waals surface area contributed by atoms with Crippen molar-refractivity contribution in [1.82, 2.24) is 14.7 Å². The zero-order chi connectivity index (χ0) is 26.9. The quantitative estimate of drug-likeness (QED) is 0.346. The lowest BCUT2D eigenvalue weighted by atomic mass is 10.2. The van der Waals surface area contributed by atoms with Crippen LogP contribution in [0.15, 0.2) is 66.9 Å². The third-order valence-corrected chi connectivity index (χ3v) is 7.14. The Morgan fingerprint density at radius 2 is 1.55 bits per heavy atom. The Hall–Kier alpha value is -4.00. The van der Waals surface area contributed by atoms with Gasteiger partial charge in [-0.05, 0) is 80.3 Å². The SMILES string of the molecule is CCc1nc2c(C)cccn2c1C.COc1ccc(N2CCCN(c3ccc(CNC=O)cc3)CC2)cc1. The Balaban J connectivity index is 0.000000216. The summed E-state index contributed by atoms with van der Waals surface area (Å²) < 4.78 is 7.40. The van der Waals surface area contributed by atoms with Gasteiger partial charge in [-0.25, -0.2) is 4.98 Å². The molecule has 1 aliphatic rings. The second kappa shape index (κ2) is 13.0. The van der Waals surface area contributed by atoms with E-state index in [-0.39, 0.29) is 0 Å². The fourth-order valence-corrected chi connectivity index (χ4v) is 4.91. The van der Waals surface area contributed by atoms with Crippen molar-refractivity contribution >= 4 is 23.4 Å². The van der Waals surface area contributed by atoms with Crippen LogP contribution in [0, 0.1) is 13.8 Å². The van der Waals surface area contributed by atoms with Crippen molar-refractivity contribution in [1.29, 1.82) is 0 Å². The molecule has 1 N–H and O–H groups in total. The normalized spacial score (nSPS) is 13.5. The van der Waals surface area contributed by atoms with Crippen LogP contribution in [0.2, 0.25) is 0 Å². The van der Waals surface area contributed by atoms with Gasteiger partial charge in [0.05, 0.1) is 12.8 Å². The number of aryl methyl sites for hydroxylation is 3. The first-order chi connectivity index (χ1) is 18.5. The second-order valence-corrected chi connectivity index (χ2v) is 9.57. The summed E-state index contributed by atoms with van der Waals surface area (Å²) in [6.45, 7) is 11.1. The zero-order valence-electron chi connectivity index (χ0n) is 23.0. The second-order valence-electron chi connectivity index (χ2n) is 9.57. The number of anilines is 2. The van der Waals surface area contributed by atoms with Crippen LogP contribution in [0.4, 0.5) is 11.4 Å². The molecule has 0 spiro atoms. The lowest BCUT2D eigenvalue weighted by Crippen LogP contribution is -2.30. The number of rotatable bonds is 7. The van der Waals surface area contributed by atoms with Gasteiger partial charge in [-0.1, -0.05) is 25.1 Å². The molecule has 2 aromatic carbocycles. The van der Waals surface area contributed by atoms with E-state index < -0.39 is 0 Å². The van der Waals surface area contributed by atoms with Gasteiger partial charge in [0, 0.05) is 56.0 Å². The molecule has 0 saturated carbocycles. The van der Waals surface area contributed by atoms with Crippen molar-refractivity contribution in [3.8, 4) is 5.75 Å². The van der Waals surface area contributed by atoms with Crippen LogP contribution in [0.1, 0.15) is 35.9 Å². The predicted molar refractivity (Wildman–Crippen MR) is 155 cm³/mol. The molecular formula is C31H39N5O2. The number of benzene rings is 2. The fourth-order valence-electron chi connectivity index (χ4n) is 4.91. The van der Waals surface area contributed by atoms with Gasteiger partial charge < -0.3 is 24.3 Å². The highest BCUT2D eigenvalue weighted by Crippen LogP contribution is 2.23. The molecule has 0 unspecified atom stereocenters. The van der Waals surface area contributed by atoms with Gasteiger partial charge in [0.15, 0.2) is 0 Å². The number of nitrogens with zero attached hydrogens (tertiary/aromatic N) is 4. The minimum absolute atomic E-state index is 0.578. The number of ether oxygens (including phenoxy) is 1. The summed E-state index contributed by atoms with van der Waals surface area (Å²) in [7, 11) is 1.69. The van der Waals surface area contributed by atoms with E-state index in [2.05, 4.69) is 100 Å². The summed E-state index contributed by atoms with van der Waals surface area (Å²) in [6, 6.07) is 20.9. The van der Waals surface area contributed by atoms with Gasteiger partial charge in [0.1, 0.15) is 11.4 Å². The van der Waals surface area contributed by atoms with Crippen LogP contribution in [0.5, 0.6) is 5.75 Å². The Morgan fingerprint density at radius 3 is 2.11 bits per heavy atom. The lowest BCUT2D eigenvalue weighted by Gasteiger charge is -2.25. The third-order valence-electron chi connectivity index (χ3n) is 7.14. The number of methoxy groups -OCH3 is 1. The zero-order valence-corrected chi connectivity index (χ0v) is 23.0. The molecule has 38 heavy (non-hydrogen) atoms. The first-order valence-electron chi connectivity index (χ1n) is 13.4. The Bertz CT molecular complexity index is 1310. The van der Waals surface area contributed by atoms with E-state index >= 15 is 0 Å². The maximum absolute atomic E-state index is 10.4. The van der Waals surface area contributed by atoms with Crippen LogP contribution in [0.3, 0.4) is 0 Å². The molecule has 2 aromatic heterocycles. The number of fused-ring (bicyclic) bond motifs is 1. The fraction of sp³-hybridized carbons (Fsp3) is 0.355. The third kappa shape index (κ3) is 6.46. The molecule has 0 aliphatic carbocycles. The topological polar surface area (TPSA) is 62.1 Å². The molecule has 0 bridgehead atoms. The molecule has 1 aliphatic heterocycles. The average molecular weight is 514 g/mol. The van der Waals surface area contributed by atoms with Crippen LogP contribution < -0.4 is 19.9 Å². The molecular weight excluding hydrogens is 474 g/mol. The monoisotopic (exact) mass is 513 g/mol. The van der Waals surface area contributed by atoms with Crippen LogP contribution in [-0.4, -0.2) is 49.1 Å². The first kappa shape index (κ1) is 27.0. The van der Waals surface area contributed by atoms with Gasteiger partial charge in [0.2, 0.25) is 6.41 Å². The highest BCUT2D eigenvalue weighted by atomic mass is 16.5. The molecule has 0 atom stereocenters. The maximum Gasteiger partial charge on any atom is 0.207 e. The summed E-state index contributed by atoms with van der Waals surface area (Å²) in [5, 5.41) is 2.70. The van der Waals surface area contributed by atoms with Gasteiger partial charge in [0.25, 0.3) is 0 Å². The number of hydrogen-bond acceptors (Lipinski definition) is 5.